The summed E-state index contributed by atoms with van der Waals surface area (Å²) in [6.45, 7) is 9.85. The maximum absolute atomic E-state index is 12.2. The molecule has 1 aliphatic heterocycles. The van der Waals surface area contributed by atoms with Crippen LogP contribution in [0.4, 0.5) is 5.13 Å². The molecule has 0 amide bonds. The Morgan fingerprint density at radius 1 is 1.12 bits per heavy atom. The van der Waals surface area contributed by atoms with Gasteiger partial charge in [-0.3, -0.25) is 4.68 Å². The molecule has 1 saturated heterocycles. The van der Waals surface area contributed by atoms with Crippen molar-refractivity contribution in [2.24, 2.45) is 0 Å². The molecule has 1 aliphatic rings. The summed E-state index contributed by atoms with van der Waals surface area (Å²) in [6, 6.07) is 14.7. The lowest BCUT2D eigenvalue weighted by Gasteiger charge is -2.25. The van der Waals surface area contributed by atoms with Gasteiger partial charge in [-0.2, -0.15) is 5.10 Å². The van der Waals surface area contributed by atoms with Gasteiger partial charge in [0.15, 0.2) is 10.8 Å². The van der Waals surface area contributed by atoms with Crippen LogP contribution in [-0.4, -0.2) is 53.6 Å². The van der Waals surface area contributed by atoms with E-state index < -0.39 is 5.97 Å². The van der Waals surface area contributed by atoms with E-state index in [1.54, 1.807) is 24.3 Å². The van der Waals surface area contributed by atoms with Gasteiger partial charge in [-0.1, -0.05) is 41.2 Å². The van der Waals surface area contributed by atoms with Gasteiger partial charge >= 0.3 is 5.97 Å². The molecule has 0 saturated carbocycles. The number of aromatic nitrogens is 3. The number of carbonyl (C=O) groups excluding carboxylic acids is 1. The number of benzene rings is 2. The average molecular weight is 477 g/mol. The van der Waals surface area contributed by atoms with Crippen LogP contribution in [0.5, 0.6) is 0 Å². The van der Waals surface area contributed by atoms with Crippen LogP contribution in [0.2, 0.25) is 0 Å². The molecular formula is C26H28N4O3S. The maximum atomic E-state index is 12.2. The zero-order valence-electron chi connectivity index (χ0n) is 19.7. The number of hydrogen-bond donors (Lipinski definition) is 0. The lowest BCUT2D eigenvalue weighted by molar-refractivity contribution is 0.0518. The number of rotatable bonds is 6. The molecule has 2 aromatic carbocycles. The molecule has 1 fully saturated rings. The predicted octanol–water partition coefficient (Wildman–Crippen LogP) is 4.84. The molecule has 0 unspecified atom stereocenters. The summed E-state index contributed by atoms with van der Waals surface area (Å²) in [6.07, 6.45) is 0. The Morgan fingerprint density at radius 2 is 1.94 bits per heavy atom. The zero-order valence-corrected chi connectivity index (χ0v) is 20.5. The van der Waals surface area contributed by atoms with E-state index in [-0.39, 0.29) is 0 Å². The van der Waals surface area contributed by atoms with E-state index in [9.17, 15) is 4.79 Å². The molecule has 0 N–H and O–H groups in total. The van der Waals surface area contributed by atoms with Crippen LogP contribution in [0.25, 0.3) is 21.3 Å². The van der Waals surface area contributed by atoms with Crippen molar-refractivity contribution in [1.82, 2.24) is 14.8 Å². The molecule has 0 radical (unpaired) electrons. The Bertz CT molecular complexity index is 1340. The second-order valence-corrected chi connectivity index (χ2v) is 9.51. The SMILES string of the molecule is CCOC(=O)c1cc(C)n(Cc2cc(-c3cccc(C)c3)cc3sc(N4CCOCC4)nc23)n1. The Labute approximate surface area is 202 Å². The number of thiazole rings is 1. The van der Waals surface area contributed by atoms with Crippen LogP contribution < -0.4 is 4.90 Å². The van der Waals surface area contributed by atoms with Gasteiger partial charge in [0, 0.05) is 24.3 Å². The topological polar surface area (TPSA) is 69.5 Å². The Hall–Kier alpha value is -3.23. The van der Waals surface area contributed by atoms with Crippen molar-refractivity contribution in [2.45, 2.75) is 27.3 Å². The van der Waals surface area contributed by atoms with E-state index in [2.05, 4.69) is 53.3 Å². The summed E-state index contributed by atoms with van der Waals surface area (Å²) >= 11 is 1.72. The van der Waals surface area contributed by atoms with E-state index in [0.717, 1.165) is 58.5 Å². The molecule has 3 heterocycles. The quantitative estimate of drug-likeness (QED) is 0.371. The van der Waals surface area contributed by atoms with Crippen LogP contribution in [0.1, 0.15) is 34.2 Å². The smallest absolute Gasteiger partial charge is 0.358 e. The highest BCUT2D eigenvalue weighted by Gasteiger charge is 2.19. The highest BCUT2D eigenvalue weighted by atomic mass is 32.1. The van der Waals surface area contributed by atoms with Crippen molar-refractivity contribution in [3.63, 3.8) is 0 Å². The van der Waals surface area contributed by atoms with Gasteiger partial charge in [0.2, 0.25) is 0 Å². The van der Waals surface area contributed by atoms with Crippen molar-refractivity contribution in [3.05, 3.63) is 65.0 Å². The third-order valence-corrected chi connectivity index (χ3v) is 7.04. The highest BCUT2D eigenvalue weighted by molar-refractivity contribution is 7.22. The van der Waals surface area contributed by atoms with Gasteiger partial charge in [-0.25, -0.2) is 9.78 Å². The lowest BCUT2D eigenvalue weighted by atomic mass is 10.0. The van der Waals surface area contributed by atoms with Crippen LogP contribution in [0.3, 0.4) is 0 Å². The molecule has 2 aromatic heterocycles. The highest BCUT2D eigenvalue weighted by Crippen LogP contribution is 2.35. The third-order valence-electron chi connectivity index (χ3n) is 5.98. The van der Waals surface area contributed by atoms with E-state index in [4.69, 9.17) is 14.5 Å². The number of hydrogen-bond acceptors (Lipinski definition) is 7. The summed E-state index contributed by atoms with van der Waals surface area (Å²) in [5.41, 5.74) is 6.84. The third kappa shape index (κ3) is 4.56. The molecule has 8 heteroatoms. The van der Waals surface area contributed by atoms with Gasteiger partial charge in [-0.05, 0) is 50.1 Å². The molecule has 0 spiro atoms. The Balaban J connectivity index is 1.58. The average Bonchev–Trinajstić information content (AvgIpc) is 3.44. The van der Waals surface area contributed by atoms with Crippen molar-refractivity contribution >= 4 is 32.7 Å². The molecule has 34 heavy (non-hydrogen) atoms. The van der Waals surface area contributed by atoms with Crippen LogP contribution in [-0.2, 0) is 16.0 Å². The number of nitrogens with zero attached hydrogens (tertiary/aromatic N) is 4. The maximum Gasteiger partial charge on any atom is 0.358 e. The summed E-state index contributed by atoms with van der Waals surface area (Å²) in [7, 11) is 0. The monoisotopic (exact) mass is 476 g/mol. The van der Waals surface area contributed by atoms with Gasteiger partial charge in [0.25, 0.3) is 0 Å². The molecule has 5 rings (SSSR count). The van der Waals surface area contributed by atoms with Crippen LogP contribution in [0.15, 0.2) is 42.5 Å². The first-order chi connectivity index (χ1) is 16.5. The first-order valence-corrected chi connectivity index (χ1v) is 12.4. The molecule has 0 aliphatic carbocycles. The molecule has 7 nitrogen and oxygen atoms in total. The number of carbonyl (C=O) groups is 1. The summed E-state index contributed by atoms with van der Waals surface area (Å²) in [4.78, 5) is 19.5. The second-order valence-electron chi connectivity index (χ2n) is 8.50. The fourth-order valence-electron chi connectivity index (χ4n) is 4.23. The molecular weight excluding hydrogens is 448 g/mol. The first-order valence-electron chi connectivity index (χ1n) is 11.6. The van der Waals surface area contributed by atoms with E-state index in [0.29, 0.717) is 18.8 Å². The fraction of sp³-hybridized carbons (Fsp3) is 0.346. The van der Waals surface area contributed by atoms with Crippen LogP contribution in [0, 0.1) is 13.8 Å². The molecule has 0 bridgehead atoms. The van der Waals surface area contributed by atoms with Crippen molar-refractivity contribution in [3.8, 4) is 11.1 Å². The first kappa shape index (κ1) is 22.6. The summed E-state index contributed by atoms with van der Waals surface area (Å²) < 4.78 is 13.7. The normalized spacial score (nSPS) is 14.0. The van der Waals surface area contributed by atoms with Gasteiger partial charge in [0.05, 0.1) is 36.6 Å². The standard InChI is InChI=1S/C26H28N4O3S/c1-4-33-25(31)22-13-18(3)30(28-22)16-21-14-20(19-7-5-6-17(2)12-19)15-23-24(21)27-26(34-23)29-8-10-32-11-9-29/h5-7,12-15H,4,8-11,16H2,1-3H3. The second kappa shape index (κ2) is 9.56. The summed E-state index contributed by atoms with van der Waals surface area (Å²) in [5.74, 6) is -0.397. The number of ether oxygens (including phenoxy) is 2. The van der Waals surface area contributed by atoms with Gasteiger partial charge in [-0.15, -0.1) is 0 Å². The number of aryl methyl sites for hydroxylation is 2. The van der Waals surface area contributed by atoms with E-state index >= 15 is 0 Å². The van der Waals surface area contributed by atoms with Gasteiger partial charge in [0.1, 0.15) is 0 Å². The number of esters is 1. The minimum atomic E-state index is -0.397. The fourth-order valence-corrected chi connectivity index (χ4v) is 5.33. The van der Waals surface area contributed by atoms with Crippen LogP contribution >= 0.6 is 11.3 Å². The number of morpholine rings is 1. The molecule has 176 valence electrons. The zero-order chi connectivity index (χ0) is 23.7. The minimum absolute atomic E-state index is 0.326. The Kier molecular flexibility index (Phi) is 6.34. The van der Waals surface area contributed by atoms with Crippen molar-refractivity contribution in [1.29, 1.82) is 0 Å². The van der Waals surface area contributed by atoms with Crippen molar-refractivity contribution < 1.29 is 14.3 Å². The minimum Gasteiger partial charge on any atom is -0.461 e. The lowest BCUT2D eigenvalue weighted by Crippen LogP contribution is -2.36. The Morgan fingerprint density at radius 3 is 2.71 bits per heavy atom. The number of fused-ring (bicyclic) bond motifs is 1. The van der Waals surface area contributed by atoms with E-state index in [1.165, 1.54) is 11.1 Å². The van der Waals surface area contributed by atoms with Crippen molar-refractivity contribution in [2.75, 3.05) is 37.8 Å². The number of anilines is 1. The predicted molar refractivity (Wildman–Crippen MR) is 135 cm³/mol. The van der Waals surface area contributed by atoms with E-state index in [1.807, 2.05) is 11.6 Å². The molecule has 0 atom stereocenters. The molecule has 4 aromatic rings. The largest absolute Gasteiger partial charge is 0.461 e. The summed E-state index contributed by atoms with van der Waals surface area (Å²) in [5, 5.41) is 5.55. The van der Waals surface area contributed by atoms with Gasteiger partial charge < -0.3 is 14.4 Å².